The van der Waals surface area contributed by atoms with Gasteiger partial charge in [-0.2, -0.15) is 0 Å². The number of benzene rings is 2. The van der Waals surface area contributed by atoms with Gasteiger partial charge >= 0.3 is 0 Å². The van der Waals surface area contributed by atoms with Gasteiger partial charge in [0.15, 0.2) is 0 Å². The second-order valence-corrected chi connectivity index (χ2v) is 8.81. The Morgan fingerprint density at radius 1 is 0.943 bits per heavy atom. The highest BCUT2D eigenvalue weighted by Gasteiger charge is 2.24. The van der Waals surface area contributed by atoms with Gasteiger partial charge in [0.2, 0.25) is 6.41 Å². The number of hydrogen-bond donors (Lipinski definition) is 1. The summed E-state index contributed by atoms with van der Waals surface area (Å²) in [6.45, 7) is 2.75. The third kappa shape index (κ3) is 5.25. The van der Waals surface area contributed by atoms with E-state index in [4.69, 9.17) is 0 Å². The van der Waals surface area contributed by atoms with E-state index >= 15 is 0 Å². The molecule has 5 nitrogen and oxygen atoms in total. The van der Waals surface area contributed by atoms with Gasteiger partial charge in [0.1, 0.15) is 0 Å². The van der Waals surface area contributed by atoms with Gasteiger partial charge in [0.05, 0.1) is 0 Å². The summed E-state index contributed by atoms with van der Waals surface area (Å²) in [6.07, 6.45) is 13.7. The Hall–Kier alpha value is -3.57. The summed E-state index contributed by atoms with van der Waals surface area (Å²) in [5.74, 6) is -0.0950. The van der Waals surface area contributed by atoms with E-state index in [2.05, 4.69) is 70.9 Å². The molecule has 0 bridgehead atoms. The molecular formula is C29H30ClN3O2. The van der Waals surface area contributed by atoms with Crippen LogP contribution < -0.4 is 5.32 Å². The van der Waals surface area contributed by atoms with Crippen LogP contribution in [0.5, 0.6) is 0 Å². The molecule has 0 spiro atoms. The van der Waals surface area contributed by atoms with Crippen molar-refractivity contribution in [3.63, 3.8) is 0 Å². The highest BCUT2D eigenvalue weighted by atomic mass is 35.5. The lowest BCUT2D eigenvalue weighted by atomic mass is 9.89. The minimum Gasteiger partial charge on any atom is -0.373 e. The van der Waals surface area contributed by atoms with Crippen molar-refractivity contribution < 1.29 is 9.59 Å². The third-order valence-corrected chi connectivity index (χ3v) is 6.70. The summed E-state index contributed by atoms with van der Waals surface area (Å²) >= 11 is 0. The molecular weight excluding hydrogens is 458 g/mol. The fourth-order valence-corrected chi connectivity index (χ4v) is 4.96. The lowest BCUT2D eigenvalue weighted by Gasteiger charge is -2.34. The Morgan fingerprint density at radius 3 is 2.26 bits per heavy atom. The monoisotopic (exact) mass is 487 g/mol. The molecule has 0 radical (unpaired) electrons. The number of carbonyl (C=O) groups is 2. The number of hydrogen-bond acceptors (Lipinski definition) is 3. The summed E-state index contributed by atoms with van der Waals surface area (Å²) in [5.41, 5.74) is 8.30. The summed E-state index contributed by atoms with van der Waals surface area (Å²) in [4.78, 5) is 27.4. The van der Waals surface area contributed by atoms with Gasteiger partial charge in [-0.05, 0) is 47.6 Å². The molecule has 0 aromatic heterocycles. The van der Waals surface area contributed by atoms with Gasteiger partial charge in [0, 0.05) is 49.2 Å². The molecule has 180 valence electrons. The van der Waals surface area contributed by atoms with Crippen molar-refractivity contribution in [2.75, 3.05) is 26.2 Å². The van der Waals surface area contributed by atoms with Crippen molar-refractivity contribution >= 4 is 42.4 Å². The molecule has 1 saturated heterocycles. The first-order valence-electron chi connectivity index (χ1n) is 12.0. The quantitative estimate of drug-likeness (QED) is 0.522. The van der Waals surface area contributed by atoms with Crippen molar-refractivity contribution in [2.45, 2.75) is 19.3 Å². The minimum absolute atomic E-state index is 0. The Morgan fingerprint density at radius 2 is 1.63 bits per heavy atom. The topological polar surface area (TPSA) is 52.7 Å². The highest BCUT2D eigenvalue weighted by Crippen LogP contribution is 2.39. The van der Waals surface area contributed by atoms with Gasteiger partial charge in [-0.1, -0.05) is 66.8 Å². The number of likely N-dealkylation sites (tertiary alicyclic amines) is 1. The summed E-state index contributed by atoms with van der Waals surface area (Å²) < 4.78 is 0. The van der Waals surface area contributed by atoms with Gasteiger partial charge in [0.25, 0.3) is 5.91 Å². The van der Waals surface area contributed by atoms with Crippen LogP contribution in [0.25, 0.3) is 17.7 Å². The van der Waals surface area contributed by atoms with Crippen LogP contribution >= 0.6 is 12.4 Å². The molecule has 5 rings (SSSR count). The second-order valence-electron chi connectivity index (χ2n) is 8.81. The van der Waals surface area contributed by atoms with E-state index < -0.39 is 0 Å². The fraction of sp³-hybridized carbons (Fsp3) is 0.241. The Kier molecular flexibility index (Phi) is 7.88. The highest BCUT2D eigenvalue weighted by molar-refractivity contribution is 5.96. The largest absolute Gasteiger partial charge is 0.373 e. The predicted octanol–water partition coefficient (Wildman–Crippen LogP) is 4.87. The molecule has 1 N–H and O–H groups in total. The maximum Gasteiger partial charge on any atom is 0.251 e. The van der Waals surface area contributed by atoms with Crippen molar-refractivity contribution in [3.8, 4) is 0 Å². The predicted molar refractivity (Wildman–Crippen MR) is 144 cm³/mol. The maximum absolute atomic E-state index is 12.6. The molecule has 2 heterocycles. The Bertz CT molecular complexity index is 1180. The van der Waals surface area contributed by atoms with E-state index in [1.54, 1.807) is 18.4 Å². The summed E-state index contributed by atoms with van der Waals surface area (Å²) in [5, 5.41) is 3.06. The molecule has 2 amide bonds. The molecule has 0 saturated carbocycles. The molecule has 1 aliphatic carbocycles. The zero-order valence-electron chi connectivity index (χ0n) is 19.7. The van der Waals surface area contributed by atoms with Crippen molar-refractivity contribution in [3.05, 3.63) is 100 Å². The van der Waals surface area contributed by atoms with E-state index in [1.165, 1.54) is 44.8 Å². The number of nitrogens with zero attached hydrogens (tertiary/aromatic N) is 2. The zero-order chi connectivity index (χ0) is 23.3. The van der Waals surface area contributed by atoms with Gasteiger partial charge < -0.3 is 15.1 Å². The third-order valence-electron chi connectivity index (χ3n) is 6.70. The van der Waals surface area contributed by atoms with Crippen LogP contribution in [-0.4, -0.2) is 48.3 Å². The molecule has 1 fully saturated rings. The van der Waals surface area contributed by atoms with Gasteiger partial charge in [-0.15, -0.1) is 12.4 Å². The first-order valence-corrected chi connectivity index (χ1v) is 12.0. The molecule has 6 heteroatoms. The Labute approximate surface area is 212 Å². The molecule has 3 aliphatic rings. The minimum atomic E-state index is -0.0950. The van der Waals surface area contributed by atoms with Crippen LogP contribution in [0, 0.1) is 0 Å². The van der Waals surface area contributed by atoms with Gasteiger partial charge in [-0.25, -0.2) is 0 Å². The lowest BCUT2D eigenvalue weighted by molar-refractivity contribution is -0.118. The molecule has 35 heavy (non-hydrogen) atoms. The van der Waals surface area contributed by atoms with Crippen LogP contribution in [0.1, 0.15) is 41.5 Å². The van der Waals surface area contributed by atoms with E-state index in [0.717, 1.165) is 32.3 Å². The number of fused-ring (bicyclic) bond motifs is 2. The van der Waals surface area contributed by atoms with Crippen molar-refractivity contribution in [2.24, 2.45) is 0 Å². The van der Waals surface area contributed by atoms with E-state index in [1.807, 2.05) is 0 Å². The van der Waals surface area contributed by atoms with E-state index in [9.17, 15) is 9.59 Å². The van der Waals surface area contributed by atoms with Crippen molar-refractivity contribution in [1.29, 1.82) is 0 Å². The average Bonchev–Trinajstić information content (AvgIpc) is 3.06. The maximum atomic E-state index is 12.6. The van der Waals surface area contributed by atoms with Crippen LogP contribution in [0.2, 0.25) is 0 Å². The second kappa shape index (κ2) is 11.2. The van der Waals surface area contributed by atoms with Crippen molar-refractivity contribution in [1.82, 2.24) is 15.1 Å². The first kappa shape index (κ1) is 24.6. The lowest BCUT2D eigenvalue weighted by Crippen LogP contribution is -2.38. The fourth-order valence-electron chi connectivity index (χ4n) is 4.96. The number of halogens is 1. The van der Waals surface area contributed by atoms with Gasteiger partial charge in [-0.3, -0.25) is 9.59 Å². The van der Waals surface area contributed by atoms with Crippen LogP contribution in [0.3, 0.4) is 0 Å². The van der Waals surface area contributed by atoms with E-state index in [-0.39, 0.29) is 18.3 Å². The van der Waals surface area contributed by atoms with Crippen LogP contribution in [0.4, 0.5) is 0 Å². The van der Waals surface area contributed by atoms with Crippen LogP contribution in [-0.2, 0) is 9.59 Å². The number of carbonyl (C=O) groups excluding carboxylic acids is 2. The molecule has 0 unspecified atom stereocenters. The summed E-state index contributed by atoms with van der Waals surface area (Å²) in [7, 11) is 0. The number of rotatable bonds is 5. The smallest absolute Gasteiger partial charge is 0.251 e. The molecule has 2 aromatic carbocycles. The SMILES string of the molecule is Cl.O=CN1C=CC(C(=O)NCCN2CCCCC2=C2c3ccccc3C=Cc3ccccc32)=CC1. The molecule has 2 aliphatic heterocycles. The Balaban J connectivity index is 0.00000289. The first-order chi connectivity index (χ1) is 16.7. The standard InChI is InChI=1S/C29H29N3O2.ClH/c33-21-31-18-14-24(15-19-31)29(34)30-16-20-32-17-6-5-11-27(32)28-25-9-3-1-7-22(25)12-13-23-8-2-4-10-26(23)28;/h1-4,7-10,12-15,18,21H,5-6,11,16-17,19-20H2,(H,30,34);1H. The van der Waals surface area contributed by atoms with Crippen LogP contribution in [0.15, 0.2) is 78.2 Å². The molecule has 2 aromatic rings. The summed E-state index contributed by atoms with van der Waals surface area (Å²) in [6, 6.07) is 17.2. The average molecular weight is 488 g/mol. The van der Waals surface area contributed by atoms with E-state index in [0.29, 0.717) is 18.7 Å². The zero-order valence-corrected chi connectivity index (χ0v) is 20.5. The molecule has 0 atom stereocenters. The number of piperidine rings is 1. The number of amides is 2. The normalized spacial score (nSPS) is 16.5. The number of allylic oxidation sites excluding steroid dienone is 1. The number of nitrogens with one attached hydrogen (secondary N) is 1.